The largest absolute Gasteiger partial charge is 0.481 e. The van der Waals surface area contributed by atoms with E-state index < -0.39 is 17.8 Å². The SMILES string of the molecule is O=C(NCCCn1ccnc1)[C@@H]1[C@@H](C(=O)O)[C@H]2C=C[C@@H]1CC2. The number of aryl methyl sites for hydroxylation is 1. The third-order valence-corrected chi connectivity index (χ3v) is 4.79. The number of aliphatic carboxylic acids is 1. The standard InChI is InChI=1S/C16H21N3O3/c20-15(18-6-1-8-19-9-7-17-10-19)13-11-2-4-12(5-3-11)14(13)16(21)22/h2,4,7,9-14H,1,3,5-6,8H2,(H,18,20)(H,21,22)/t11-,12+,13+,14+/m1/s1. The second kappa shape index (κ2) is 6.34. The van der Waals surface area contributed by atoms with E-state index in [4.69, 9.17) is 0 Å². The van der Waals surface area contributed by atoms with Gasteiger partial charge in [-0.2, -0.15) is 0 Å². The van der Waals surface area contributed by atoms with Gasteiger partial charge in [-0.3, -0.25) is 9.59 Å². The molecule has 0 aromatic carbocycles. The quantitative estimate of drug-likeness (QED) is 0.613. The molecule has 1 amide bonds. The van der Waals surface area contributed by atoms with Crippen LogP contribution < -0.4 is 5.32 Å². The van der Waals surface area contributed by atoms with Crippen molar-refractivity contribution in [2.24, 2.45) is 23.7 Å². The van der Waals surface area contributed by atoms with Crippen molar-refractivity contribution in [3.8, 4) is 0 Å². The number of hydrogen-bond acceptors (Lipinski definition) is 3. The van der Waals surface area contributed by atoms with Crippen molar-refractivity contribution >= 4 is 11.9 Å². The van der Waals surface area contributed by atoms with Gasteiger partial charge in [-0.05, 0) is 31.1 Å². The minimum Gasteiger partial charge on any atom is -0.481 e. The highest BCUT2D eigenvalue weighted by Crippen LogP contribution is 2.44. The van der Waals surface area contributed by atoms with Crippen LogP contribution in [0.25, 0.3) is 0 Å². The van der Waals surface area contributed by atoms with Crippen LogP contribution >= 0.6 is 0 Å². The first kappa shape index (κ1) is 14.8. The normalized spacial score (nSPS) is 29.5. The average molecular weight is 303 g/mol. The summed E-state index contributed by atoms with van der Waals surface area (Å²) in [5.41, 5.74) is 0. The molecule has 0 spiro atoms. The van der Waals surface area contributed by atoms with Crippen LogP contribution in [0.1, 0.15) is 19.3 Å². The molecule has 1 heterocycles. The Kier molecular flexibility index (Phi) is 4.27. The van der Waals surface area contributed by atoms with Crippen LogP contribution in [0.4, 0.5) is 0 Å². The number of amides is 1. The number of carboxylic acids is 1. The molecule has 1 aromatic rings. The maximum atomic E-state index is 12.4. The fourth-order valence-electron chi connectivity index (χ4n) is 3.70. The topological polar surface area (TPSA) is 84.2 Å². The highest BCUT2D eigenvalue weighted by molar-refractivity contribution is 5.86. The van der Waals surface area contributed by atoms with Crippen molar-refractivity contribution in [2.75, 3.05) is 6.54 Å². The molecule has 0 radical (unpaired) electrons. The summed E-state index contributed by atoms with van der Waals surface area (Å²) in [5.74, 6) is -1.88. The van der Waals surface area contributed by atoms with Gasteiger partial charge >= 0.3 is 5.97 Å². The van der Waals surface area contributed by atoms with Gasteiger partial charge in [0.25, 0.3) is 0 Å². The number of fused-ring (bicyclic) bond motifs is 2. The average Bonchev–Trinajstić information content (AvgIpc) is 3.04. The zero-order valence-electron chi connectivity index (χ0n) is 12.4. The molecule has 1 fully saturated rings. The first-order valence-electron chi connectivity index (χ1n) is 7.81. The van der Waals surface area contributed by atoms with E-state index in [1.807, 2.05) is 22.9 Å². The molecule has 1 aromatic heterocycles. The Morgan fingerprint density at radius 2 is 1.95 bits per heavy atom. The van der Waals surface area contributed by atoms with E-state index in [9.17, 15) is 14.7 Å². The van der Waals surface area contributed by atoms with Gasteiger partial charge in [0.05, 0.1) is 18.2 Å². The van der Waals surface area contributed by atoms with Crippen molar-refractivity contribution in [1.29, 1.82) is 0 Å². The molecule has 3 aliphatic rings. The summed E-state index contributed by atoms with van der Waals surface area (Å²) >= 11 is 0. The number of imidazole rings is 1. The molecule has 6 nitrogen and oxygen atoms in total. The van der Waals surface area contributed by atoms with E-state index in [-0.39, 0.29) is 17.7 Å². The lowest BCUT2D eigenvalue weighted by Crippen LogP contribution is -2.49. The Hall–Kier alpha value is -2.11. The third kappa shape index (κ3) is 2.91. The number of nitrogens with zero attached hydrogens (tertiary/aromatic N) is 2. The lowest BCUT2D eigenvalue weighted by Gasteiger charge is -2.41. The molecule has 0 saturated heterocycles. The lowest BCUT2D eigenvalue weighted by atomic mass is 9.62. The Morgan fingerprint density at radius 3 is 2.55 bits per heavy atom. The Balaban J connectivity index is 1.54. The van der Waals surface area contributed by atoms with Crippen LogP contribution in [0.15, 0.2) is 30.9 Å². The monoisotopic (exact) mass is 303 g/mol. The number of rotatable bonds is 6. The van der Waals surface area contributed by atoms with Gasteiger partial charge in [-0.1, -0.05) is 12.2 Å². The zero-order valence-corrected chi connectivity index (χ0v) is 12.4. The molecular formula is C16H21N3O3. The van der Waals surface area contributed by atoms with E-state index in [1.54, 1.807) is 12.5 Å². The summed E-state index contributed by atoms with van der Waals surface area (Å²) in [5, 5.41) is 12.4. The number of aromatic nitrogens is 2. The van der Waals surface area contributed by atoms with E-state index in [0.717, 1.165) is 25.8 Å². The molecule has 1 saturated carbocycles. The van der Waals surface area contributed by atoms with Gasteiger partial charge in [-0.25, -0.2) is 4.98 Å². The van der Waals surface area contributed by atoms with Crippen molar-refractivity contribution in [2.45, 2.75) is 25.8 Å². The molecule has 0 aliphatic heterocycles. The Labute approximate surface area is 129 Å². The summed E-state index contributed by atoms with van der Waals surface area (Å²) in [7, 11) is 0. The van der Waals surface area contributed by atoms with E-state index in [0.29, 0.717) is 6.54 Å². The van der Waals surface area contributed by atoms with Gasteiger partial charge in [0.2, 0.25) is 5.91 Å². The fourth-order valence-corrected chi connectivity index (χ4v) is 3.70. The second-order valence-corrected chi connectivity index (χ2v) is 6.12. The molecule has 4 rings (SSSR count). The van der Waals surface area contributed by atoms with E-state index in [1.165, 1.54) is 0 Å². The summed E-state index contributed by atoms with van der Waals surface area (Å²) in [6, 6.07) is 0. The Morgan fingerprint density at radius 1 is 1.23 bits per heavy atom. The maximum Gasteiger partial charge on any atom is 0.307 e. The minimum atomic E-state index is -0.849. The van der Waals surface area contributed by atoms with Crippen LogP contribution in [-0.4, -0.2) is 33.1 Å². The molecule has 6 heteroatoms. The van der Waals surface area contributed by atoms with Gasteiger partial charge in [0, 0.05) is 25.5 Å². The highest BCUT2D eigenvalue weighted by atomic mass is 16.4. The number of carbonyl (C=O) groups excluding carboxylic acids is 1. The first-order valence-corrected chi connectivity index (χ1v) is 7.81. The van der Waals surface area contributed by atoms with E-state index >= 15 is 0 Å². The van der Waals surface area contributed by atoms with Crippen LogP contribution in [0.5, 0.6) is 0 Å². The van der Waals surface area contributed by atoms with Crippen molar-refractivity contribution in [1.82, 2.24) is 14.9 Å². The number of hydrogen-bond donors (Lipinski definition) is 2. The smallest absolute Gasteiger partial charge is 0.307 e. The van der Waals surface area contributed by atoms with E-state index in [2.05, 4.69) is 10.3 Å². The molecular weight excluding hydrogens is 282 g/mol. The van der Waals surface area contributed by atoms with Crippen LogP contribution in [-0.2, 0) is 16.1 Å². The van der Waals surface area contributed by atoms with Crippen LogP contribution in [0.3, 0.4) is 0 Å². The molecule has 4 atom stereocenters. The van der Waals surface area contributed by atoms with Gasteiger partial charge in [0.15, 0.2) is 0 Å². The second-order valence-electron chi connectivity index (χ2n) is 6.12. The van der Waals surface area contributed by atoms with Gasteiger partial charge < -0.3 is 15.0 Å². The van der Waals surface area contributed by atoms with Crippen LogP contribution in [0, 0.1) is 23.7 Å². The third-order valence-electron chi connectivity index (χ3n) is 4.79. The highest BCUT2D eigenvalue weighted by Gasteiger charge is 2.47. The van der Waals surface area contributed by atoms with Gasteiger partial charge in [0.1, 0.15) is 0 Å². The molecule has 2 bridgehead atoms. The summed E-state index contributed by atoms with van der Waals surface area (Å²) in [6.07, 6.45) is 12.0. The lowest BCUT2D eigenvalue weighted by molar-refractivity contribution is -0.152. The number of nitrogens with one attached hydrogen (secondary N) is 1. The Bertz CT molecular complexity index is 567. The molecule has 118 valence electrons. The minimum absolute atomic E-state index is 0.00389. The summed E-state index contributed by atoms with van der Waals surface area (Å²) in [6.45, 7) is 1.35. The first-order chi connectivity index (χ1) is 10.7. The van der Waals surface area contributed by atoms with Gasteiger partial charge in [-0.15, -0.1) is 0 Å². The summed E-state index contributed by atoms with van der Waals surface area (Å²) in [4.78, 5) is 27.9. The molecule has 22 heavy (non-hydrogen) atoms. The van der Waals surface area contributed by atoms with Crippen molar-refractivity contribution in [3.05, 3.63) is 30.9 Å². The molecule has 0 unspecified atom stereocenters. The van der Waals surface area contributed by atoms with Crippen molar-refractivity contribution in [3.63, 3.8) is 0 Å². The molecule has 2 N–H and O–H groups in total. The molecule has 3 aliphatic carbocycles. The predicted molar refractivity (Wildman–Crippen MR) is 79.8 cm³/mol. The maximum absolute atomic E-state index is 12.4. The van der Waals surface area contributed by atoms with Crippen LogP contribution in [0.2, 0.25) is 0 Å². The number of carbonyl (C=O) groups is 2. The predicted octanol–water partition coefficient (Wildman–Crippen LogP) is 1.30. The number of allylic oxidation sites excluding steroid dienone is 2. The van der Waals surface area contributed by atoms with Crippen molar-refractivity contribution < 1.29 is 14.7 Å². The summed E-state index contributed by atoms with van der Waals surface area (Å²) < 4.78 is 1.96. The zero-order chi connectivity index (χ0) is 15.5. The number of carboxylic acid groups (broad SMARTS) is 1. The fraction of sp³-hybridized carbons (Fsp3) is 0.562.